The number of allylic oxidation sites excluding steroid dienone is 1. The van der Waals surface area contributed by atoms with Crippen LogP contribution in [0.2, 0.25) is 0 Å². The van der Waals surface area contributed by atoms with Crippen LogP contribution in [-0.2, 0) is 4.79 Å². The first-order chi connectivity index (χ1) is 12.0. The third kappa shape index (κ3) is 5.84. The van der Waals surface area contributed by atoms with Crippen molar-refractivity contribution in [1.29, 1.82) is 0 Å². The lowest BCUT2D eigenvalue weighted by atomic mass is 9.98. The average Bonchev–Trinajstić information content (AvgIpc) is 2.60. The second-order valence-corrected chi connectivity index (χ2v) is 5.66. The molecule has 0 spiro atoms. The summed E-state index contributed by atoms with van der Waals surface area (Å²) in [5, 5.41) is 11.8. The Morgan fingerprint density at radius 3 is 2.52 bits per heavy atom. The smallest absolute Gasteiger partial charge is 0.305 e. The lowest BCUT2D eigenvalue weighted by Crippen LogP contribution is -2.36. The summed E-state index contributed by atoms with van der Waals surface area (Å²) < 4.78 is 13.0. The minimum absolute atomic E-state index is 0.192. The Kier molecular flexibility index (Phi) is 6.39. The topological polar surface area (TPSA) is 79.3 Å². The van der Waals surface area contributed by atoms with Crippen molar-refractivity contribution >= 4 is 17.4 Å². The second-order valence-electron chi connectivity index (χ2n) is 5.66. The lowest BCUT2D eigenvalue weighted by Gasteiger charge is -2.17. The van der Waals surface area contributed by atoms with Crippen molar-refractivity contribution in [3.63, 3.8) is 0 Å². The van der Waals surface area contributed by atoms with E-state index in [2.05, 4.69) is 16.9 Å². The van der Waals surface area contributed by atoms with E-state index >= 15 is 0 Å². The molecule has 1 atom stereocenters. The predicted molar refractivity (Wildman–Crippen MR) is 92.4 cm³/mol. The van der Waals surface area contributed by atoms with Crippen LogP contribution >= 0.6 is 0 Å². The average molecular weight is 342 g/mol. The number of rotatable bonds is 8. The van der Waals surface area contributed by atoms with Crippen molar-refractivity contribution < 1.29 is 19.1 Å². The van der Waals surface area contributed by atoms with Gasteiger partial charge in [0.1, 0.15) is 5.82 Å². The van der Waals surface area contributed by atoms with Gasteiger partial charge in [0.25, 0.3) is 5.91 Å². The van der Waals surface area contributed by atoms with Crippen LogP contribution in [0.1, 0.15) is 35.2 Å². The lowest BCUT2D eigenvalue weighted by molar-refractivity contribution is -0.137. The molecule has 130 valence electrons. The van der Waals surface area contributed by atoms with Gasteiger partial charge in [-0.15, -0.1) is 0 Å². The molecule has 1 amide bonds. The molecule has 2 aromatic rings. The first kappa shape index (κ1) is 18.3. The molecule has 1 aromatic carbocycles. The third-order valence-corrected chi connectivity index (χ3v) is 3.73. The number of carboxylic acid groups (broad SMARTS) is 1. The molecule has 0 radical (unpaired) electrons. The molecule has 1 unspecified atom stereocenters. The Morgan fingerprint density at radius 1 is 1.20 bits per heavy atom. The number of nitrogens with zero attached hydrogens (tertiary/aromatic N) is 1. The number of aliphatic carboxylic acids is 1. The molecule has 1 aromatic heterocycles. The van der Waals surface area contributed by atoms with Gasteiger partial charge in [-0.3, -0.25) is 14.6 Å². The number of nitrogens with one attached hydrogen (secondary N) is 1. The summed E-state index contributed by atoms with van der Waals surface area (Å²) in [7, 11) is 0. The molecule has 1 heterocycles. The maximum atomic E-state index is 13.0. The van der Waals surface area contributed by atoms with Crippen LogP contribution in [0.3, 0.4) is 0 Å². The van der Waals surface area contributed by atoms with Gasteiger partial charge in [0, 0.05) is 18.4 Å². The number of carboxylic acids is 1. The van der Waals surface area contributed by atoms with Crippen molar-refractivity contribution in [1.82, 2.24) is 10.3 Å². The molecular formula is C19H19FN2O3. The van der Waals surface area contributed by atoms with Gasteiger partial charge in [0.15, 0.2) is 0 Å². The van der Waals surface area contributed by atoms with Gasteiger partial charge in [0.2, 0.25) is 0 Å². The molecule has 25 heavy (non-hydrogen) atoms. The number of hydrogen-bond donors (Lipinski definition) is 2. The van der Waals surface area contributed by atoms with Gasteiger partial charge >= 0.3 is 5.97 Å². The van der Waals surface area contributed by atoms with E-state index in [4.69, 9.17) is 5.11 Å². The quantitative estimate of drug-likeness (QED) is 0.771. The number of carbonyl (C=O) groups is 2. The first-order valence-corrected chi connectivity index (χ1v) is 7.82. The molecule has 2 rings (SSSR count). The fourth-order valence-corrected chi connectivity index (χ4v) is 2.38. The van der Waals surface area contributed by atoms with Crippen molar-refractivity contribution in [2.75, 3.05) is 0 Å². The normalized spacial score (nSPS) is 11.6. The Hall–Kier alpha value is -3.02. The monoisotopic (exact) mass is 342 g/mol. The SMILES string of the molecule is C=C(CCC(CC(=O)O)NC(=O)c1cccnc1)c1ccc(F)cc1. The minimum Gasteiger partial charge on any atom is -0.481 e. The Morgan fingerprint density at radius 2 is 1.92 bits per heavy atom. The maximum absolute atomic E-state index is 13.0. The Balaban J connectivity index is 1.97. The van der Waals surface area contributed by atoms with Crippen LogP contribution in [0.15, 0.2) is 55.4 Å². The van der Waals surface area contributed by atoms with E-state index in [9.17, 15) is 14.0 Å². The molecule has 0 aliphatic carbocycles. The number of pyridine rings is 1. The van der Waals surface area contributed by atoms with E-state index in [1.807, 2.05) is 0 Å². The highest BCUT2D eigenvalue weighted by Gasteiger charge is 2.17. The van der Waals surface area contributed by atoms with Crippen LogP contribution in [-0.4, -0.2) is 28.0 Å². The van der Waals surface area contributed by atoms with E-state index in [0.717, 1.165) is 11.1 Å². The van der Waals surface area contributed by atoms with E-state index in [-0.39, 0.29) is 18.1 Å². The van der Waals surface area contributed by atoms with Gasteiger partial charge in [-0.2, -0.15) is 0 Å². The van der Waals surface area contributed by atoms with Crippen molar-refractivity contribution in [2.45, 2.75) is 25.3 Å². The van der Waals surface area contributed by atoms with Gasteiger partial charge in [-0.25, -0.2) is 4.39 Å². The van der Waals surface area contributed by atoms with Crippen LogP contribution in [0.5, 0.6) is 0 Å². The van der Waals surface area contributed by atoms with Crippen LogP contribution in [0.25, 0.3) is 5.57 Å². The van der Waals surface area contributed by atoms with E-state index in [1.54, 1.807) is 30.5 Å². The number of hydrogen-bond acceptors (Lipinski definition) is 3. The number of halogens is 1. The highest BCUT2D eigenvalue weighted by molar-refractivity contribution is 5.94. The molecule has 0 aliphatic rings. The fourth-order valence-electron chi connectivity index (χ4n) is 2.38. The van der Waals surface area contributed by atoms with Crippen molar-refractivity contribution in [3.05, 3.63) is 72.3 Å². The zero-order valence-electron chi connectivity index (χ0n) is 13.6. The minimum atomic E-state index is -0.996. The van der Waals surface area contributed by atoms with Crippen molar-refractivity contribution in [3.8, 4) is 0 Å². The second kappa shape index (κ2) is 8.73. The molecule has 0 bridgehead atoms. The summed E-state index contributed by atoms with van der Waals surface area (Å²) in [5.74, 6) is -1.69. The maximum Gasteiger partial charge on any atom is 0.305 e. The zero-order chi connectivity index (χ0) is 18.2. The molecule has 2 N–H and O–H groups in total. The van der Waals surface area contributed by atoms with Crippen LogP contribution in [0, 0.1) is 5.82 Å². The number of amides is 1. The van der Waals surface area contributed by atoms with Gasteiger partial charge < -0.3 is 10.4 Å². The van der Waals surface area contributed by atoms with E-state index < -0.39 is 12.0 Å². The number of aromatic nitrogens is 1. The van der Waals surface area contributed by atoms with E-state index in [0.29, 0.717) is 18.4 Å². The summed E-state index contributed by atoms with van der Waals surface area (Å²) in [5.41, 5.74) is 1.91. The van der Waals surface area contributed by atoms with Gasteiger partial charge in [-0.1, -0.05) is 18.7 Å². The first-order valence-electron chi connectivity index (χ1n) is 7.82. The molecule has 0 saturated carbocycles. The van der Waals surface area contributed by atoms with Crippen molar-refractivity contribution in [2.24, 2.45) is 0 Å². The standard InChI is InChI=1S/C19H19FN2O3/c1-13(14-5-7-16(20)8-6-14)4-9-17(11-18(23)24)22-19(25)15-3-2-10-21-12-15/h2-3,5-8,10,12,17H,1,4,9,11H2,(H,22,25)(H,23,24). The summed E-state index contributed by atoms with van der Waals surface area (Å²) >= 11 is 0. The van der Waals surface area contributed by atoms with Crippen LogP contribution in [0.4, 0.5) is 4.39 Å². The molecule has 6 heteroatoms. The third-order valence-electron chi connectivity index (χ3n) is 3.73. The summed E-state index contributed by atoms with van der Waals surface area (Å²) in [6.45, 7) is 3.95. The van der Waals surface area contributed by atoms with E-state index in [1.165, 1.54) is 18.3 Å². The van der Waals surface area contributed by atoms with Crippen LogP contribution < -0.4 is 5.32 Å². The number of carbonyl (C=O) groups excluding carboxylic acids is 1. The summed E-state index contributed by atoms with van der Waals surface area (Å²) in [4.78, 5) is 27.1. The predicted octanol–water partition coefficient (Wildman–Crippen LogP) is 3.29. The molecule has 0 fully saturated rings. The largest absolute Gasteiger partial charge is 0.481 e. The summed E-state index contributed by atoms with van der Waals surface area (Å²) in [6, 6.07) is 8.65. The Bertz CT molecular complexity index is 745. The van der Waals surface area contributed by atoms with Gasteiger partial charge in [0.05, 0.1) is 12.0 Å². The highest BCUT2D eigenvalue weighted by atomic mass is 19.1. The molecule has 5 nitrogen and oxygen atoms in total. The highest BCUT2D eigenvalue weighted by Crippen LogP contribution is 2.20. The molecule has 0 aliphatic heterocycles. The molecular weight excluding hydrogens is 323 g/mol. The summed E-state index contributed by atoms with van der Waals surface area (Å²) in [6.07, 6.45) is 3.68. The number of benzene rings is 1. The van der Waals surface area contributed by atoms with Gasteiger partial charge in [-0.05, 0) is 48.2 Å². The Labute approximate surface area is 145 Å². The fraction of sp³-hybridized carbons (Fsp3) is 0.211. The zero-order valence-corrected chi connectivity index (χ0v) is 13.6. The molecule has 0 saturated heterocycles.